The fourth-order valence-corrected chi connectivity index (χ4v) is 3.64. The Bertz CT molecular complexity index is 848. The number of carbonyl (C=O) groups is 1. The number of piperidine rings is 1. The summed E-state index contributed by atoms with van der Waals surface area (Å²) in [5, 5.41) is 4.76. The summed E-state index contributed by atoms with van der Waals surface area (Å²) in [6.45, 7) is 5.08. The number of esters is 1. The molecule has 7 heteroatoms. The van der Waals surface area contributed by atoms with Crippen molar-refractivity contribution in [1.29, 1.82) is 0 Å². The third-order valence-electron chi connectivity index (χ3n) is 4.81. The molecule has 1 aromatic heterocycles. The average Bonchev–Trinajstić information content (AvgIpc) is 2.71. The topological polar surface area (TPSA) is 54.5 Å². The summed E-state index contributed by atoms with van der Waals surface area (Å²) < 4.78 is 4.87. The van der Waals surface area contributed by atoms with Crippen LogP contribution in [0.3, 0.4) is 0 Å². The molecule has 0 amide bonds. The molecule has 0 bridgehead atoms. The molecular formula is C22H25Cl2N3O2. The highest BCUT2D eigenvalue weighted by molar-refractivity contribution is 6.33. The predicted molar refractivity (Wildman–Crippen MR) is 118 cm³/mol. The van der Waals surface area contributed by atoms with E-state index in [1.165, 1.54) is 11.6 Å². The van der Waals surface area contributed by atoms with Crippen LogP contribution in [0.15, 0.2) is 42.6 Å². The molecule has 0 spiro atoms. The molecule has 2 aromatic rings. The van der Waals surface area contributed by atoms with E-state index in [9.17, 15) is 4.79 Å². The van der Waals surface area contributed by atoms with Crippen LogP contribution in [0.2, 0.25) is 10.0 Å². The van der Waals surface area contributed by atoms with Gasteiger partial charge in [0, 0.05) is 43.0 Å². The van der Waals surface area contributed by atoms with E-state index in [1.807, 2.05) is 12.1 Å². The van der Waals surface area contributed by atoms with Crippen LogP contribution in [0.5, 0.6) is 0 Å². The lowest BCUT2D eigenvalue weighted by Crippen LogP contribution is -2.38. The van der Waals surface area contributed by atoms with Gasteiger partial charge in [-0.1, -0.05) is 35.3 Å². The quantitative estimate of drug-likeness (QED) is 0.489. The molecule has 1 aromatic carbocycles. The van der Waals surface area contributed by atoms with Crippen LogP contribution < -0.4 is 5.32 Å². The number of likely N-dealkylation sites (tertiary alicyclic amines) is 1. The van der Waals surface area contributed by atoms with Crippen LogP contribution in [-0.2, 0) is 16.1 Å². The van der Waals surface area contributed by atoms with E-state index in [1.54, 1.807) is 25.3 Å². The number of rotatable bonds is 7. The molecular weight excluding hydrogens is 409 g/mol. The van der Waals surface area contributed by atoms with E-state index in [0.29, 0.717) is 23.5 Å². The second-order valence-electron chi connectivity index (χ2n) is 7.01. The van der Waals surface area contributed by atoms with Gasteiger partial charge in [0.15, 0.2) is 0 Å². The summed E-state index contributed by atoms with van der Waals surface area (Å²) in [7, 11) is 0. The maximum absolute atomic E-state index is 11.4. The summed E-state index contributed by atoms with van der Waals surface area (Å²) in [5.41, 5.74) is 2.03. The van der Waals surface area contributed by atoms with Crippen LogP contribution in [0, 0.1) is 0 Å². The van der Waals surface area contributed by atoms with Gasteiger partial charge in [-0.25, -0.2) is 9.78 Å². The molecule has 0 radical (unpaired) electrons. The lowest BCUT2D eigenvalue weighted by atomic mass is 10.0. The molecule has 1 aliphatic heterocycles. The maximum Gasteiger partial charge on any atom is 0.330 e. The van der Waals surface area contributed by atoms with Crippen molar-refractivity contribution in [3.05, 3.63) is 63.8 Å². The summed E-state index contributed by atoms with van der Waals surface area (Å²) in [5.74, 6) is 0.298. The second-order valence-corrected chi connectivity index (χ2v) is 7.85. The van der Waals surface area contributed by atoms with Gasteiger partial charge in [-0.05, 0) is 55.2 Å². The summed E-state index contributed by atoms with van der Waals surface area (Å²) in [4.78, 5) is 18.3. The Morgan fingerprint density at radius 3 is 2.66 bits per heavy atom. The first-order valence-electron chi connectivity index (χ1n) is 9.77. The predicted octanol–water partition coefficient (Wildman–Crippen LogP) is 5.04. The molecule has 3 rings (SSSR count). The smallest absolute Gasteiger partial charge is 0.330 e. The van der Waals surface area contributed by atoms with Gasteiger partial charge in [0.25, 0.3) is 0 Å². The van der Waals surface area contributed by atoms with Crippen LogP contribution in [-0.4, -0.2) is 41.6 Å². The Labute approximate surface area is 181 Å². The number of anilines is 1. The molecule has 0 atom stereocenters. The van der Waals surface area contributed by atoms with Crippen LogP contribution in [0.1, 0.15) is 30.9 Å². The van der Waals surface area contributed by atoms with Crippen LogP contribution in [0.4, 0.5) is 5.82 Å². The van der Waals surface area contributed by atoms with Gasteiger partial charge in [0.1, 0.15) is 5.82 Å². The number of pyridine rings is 1. The van der Waals surface area contributed by atoms with Crippen molar-refractivity contribution in [3.8, 4) is 0 Å². The highest BCUT2D eigenvalue weighted by Crippen LogP contribution is 2.24. The Kier molecular flexibility index (Phi) is 7.92. The van der Waals surface area contributed by atoms with Crippen LogP contribution >= 0.6 is 23.2 Å². The molecule has 5 nitrogen and oxygen atoms in total. The monoisotopic (exact) mass is 433 g/mol. The molecule has 2 heterocycles. The molecule has 0 aliphatic carbocycles. The van der Waals surface area contributed by atoms with Crippen molar-refractivity contribution >= 4 is 41.1 Å². The van der Waals surface area contributed by atoms with E-state index in [2.05, 4.69) is 27.3 Å². The summed E-state index contributed by atoms with van der Waals surface area (Å²) in [6, 6.07) is 10.2. The average molecular weight is 434 g/mol. The van der Waals surface area contributed by atoms with E-state index < -0.39 is 0 Å². The molecule has 1 fully saturated rings. The lowest BCUT2D eigenvalue weighted by Gasteiger charge is -2.32. The van der Waals surface area contributed by atoms with E-state index in [-0.39, 0.29) is 5.97 Å². The minimum absolute atomic E-state index is 0.336. The molecule has 1 aliphatic rings. The minimum atomic E-state index is -0.379. The van der Waals surface area contributed by atoms with Gasteiger partial charge in [-0.2, -0.15) is 0 Å². The molecule has 0 saturated carbocycles. The second kappa shape index (κ2) is 10.6. The first kappa shape index (κ1) is 21.6. The van der Waals surface area contributed by atoms with E-state index in [4.69, 9.17) is 27.9 Å². The number of halogens is 2. The fourth-order valence-electron chi connectivity index (χ4n) is 3.28. The zero-order valence-corrected chi connectivity index (χ0v) is 17.9. The van der Waals surface area contributed by atoms with Gasteiger partial charge < -0.3 is 10.1 Å². The molecule has 0 unspecified atom stereocenters. The van der Waals surface area contributed by atoms with Crippen molar-refractivity contribution in [2.24, 2.45) is 0 Å². The molecule has 1 N–H and O–H groups in total. The minimum Gasteiger partial charge on any atom is -0.463 e. The van der Waals surface area contributed by atoms with Crippen molar-refractivity contribution in [1.82, 2.24) is 9.88 Å². The molecule has 1 saturated heterocycles. The number of carbonyl (C=O) groups excluding carboxylic acids is 1. The Hall–Kier alpha value is -2.08. The zero-order valence-electron chi connectivity index (χ0n) is 16.4. The van der Waals surface area contributed by atoms with Crippen molar-refractivity contribution < 1.29 is 9.53 Å². The number of ether oxygens (including phenoxy) is 1. The van der Waals surface area contributed by atoms with Crippen LogP contribution in [0.25, 0.3) is 6.08 Å². The van der Waals surface area contributed by atoms with Crippen molar-refractivity contribution in [2.75, 3.05) is 25.0 Å². The summed E-state index contributed by atoms with van der Waals surface area (Å²) in [6.07, 6.45) is 6.77. The maximum atomic E-state index is 11.4. The number of benzene rings is 1. The third-order valence-corrected chi connectivity index (χ3v) is 5.35. The summed E-state index contributed by atoms with van der Waals surface area (Å²) >= 11 is 12.3. The highest BCUT2D eigenvalue weighted by atomic mass is 35.5. The number of hydrogen-bond donors (Lipinski definition) is 1. The fraction of sp³-hybridized carbons (Fsp3) is 0.364. The van der Waals surface area contributed by atoms with Gasteiger partial charge in [-0.15, -0.1) is 0 Å². The van der Waals surface area contributed by atoms with E-state index >= 15 is 0 Å². The number of nitrogens with zero attached hydrogens (tertiary/aromatic N) is 2. The molecule has 29 heavy (non-hydrogen) atoms. The normalized spacial score (nSPS) is 15.6. The largest absolute Gasteiger partial charge is 0.463 e. The standard InChI is InChI=1S/C22H25Cl2N3O2/c1-2-29-21(28)8-5-17-13-20(24)22(25-14-17)26-19-9-11-27(12-10-19)15-16-3-6-18(23)7-4-16/h3-8,13-14,19H,2,9-12,15H2,1H3,(H,25,26). The first-order valence-corrected chi connectivity index (χ1v) is 10.5. The lowest BCUT2D eigenvalue weighted by molar-refractivity contribution is -0.137. The third kappa shape index (κ3) is 6.74. The number of nitrogens with one attached hydrogen (secondary N) is 1. The number of aromatic nitrogens is 1. The Morgan fingerprint density at radius 2 is 2.00 bits per heavy atom. The van der Waals surface area contributed by atoms with Gasteiger partial charge in [0.05, 0.1) is 11.6 Å². The van der Waals surface area contributed by atoms with E-state index in [0.717, 1.165) is 43.1 Å². The molecule has 154 valence electrons. The SMILES string of the molecule is CCOC(=O)C=Cc1cnc(NC2CCN(Cc3ccc(Cl)cc3)CC2)c(Cl)c1. The number of hydrogen-bond acceptors (Lipinski definition) is 5. The first-order chi connectivity index (χ1) is 14.0. The van der Waals surface area contributed by atoms with Gasteiger partial charge >= 0.3 is 5.97 Å². The Balaban J connectivity index is 1.49. The highest BCUT2D eigenvalue weighted by Gasteiger charge is 2.20. The van der Waals surface area contributed by atoms with Crippen molar-refractivity contribution in [2.45, 2.75) is 32.4 Å². The van der Waals surface area contributed by atoms with Gasteiger partial charge in [-0.3, -0.25) is 4.90 Å². The van der Waals surface area contributed by atoms with Gasteiger partial charge in [0.2, 0.25) is 0 Å². The Morgan fingerprint density at radius 1 is 1.28 bits per heavy atom. The zero-order chi connectivity index (χ0) is 20.6. The van der Waals surface area contributed by atoms with Crippen molar-refractivity contribution in [3.63, 3.8) is 0 Å².